The topological polar surface area (TPSA) is 121 Å². The number of fused-ring (bicyclic) bond motifs is 4. The summed E-state index contributed by atoms with van der Waals surface area (Å²) in [4.78, 5) is 38.6. The number of ether oxygens (including phenoxy) is 1. The highest BCUT2D eigenvalue weighted by atomic mass is 16.5. The average Bonchev–Trinajstić information content (AvgIpc) is 3.07. The molecule has 37 heavy (non-hydrogen) atoms. The van der Waals surface area contributed by atoms with Crippen LogP contribution in [0.15, 0.2) is 11.1 Å². The minimum atomic E-state index is -0.836. The maximum Gasteiger partial charge on any atom is 0.308 e. The monoisotopic (exact) mass is 518 g/mol. The van der Waals surface area contributed by atoms with Crippen LogP contribution >= 0.6 is 0 Å². The number of hydrogen-bond acceptors (Lipinski definition) is 7. The number of aliphatic hydroxyl groups excluding tert-OH is 3. The molecule has 4 aliphatic rings. The smallest absolute Gasteiger partial charge is 0.308 e. The first-order valence-electron chi connectivity index (χ1n) is 14.0. The Labute approximate surface area is 221 Å². The van der Waals surface area contributed by atoms with Crippen LogP contribution in [0.3, 0.4) is 0 Å². The third kappa shape index (κ3) is 4.33. The van der Waals surface area contributed by atoms with Crippen LogP contribution in [-0.2, 0) is 19.1 Å². The van der Waals surface area contributed by atoms with Crippen LogP contribution in [-0.4, -0.2) is 58.3 Å². The zero-order chi connectivity index (χ0) is 27.7. The number of hydrogen-bond donors (Lipinski definition) is 3. The summed E-state index contributed by atoms with van der Waals surface area (Å²) in [6.45, 7) is 11.9. The first-order valence-corrected chi connectivity index (χ1v) is 14.0. The second-order valence-electron chi connectivity index (χ2n) is 13.8. The molecule has 0 aromatic carbocycles. The normalized spacial score (nSPS) is 42.4. The van der Waals surface area contributed by atoms with Crippen LogP contribution in [0.1, 0.15) is 86.5 Å². The standard InChI is InChI=1S/C30H46O7/c1-15(10-17(31)11-16(2)27(36)37-7)18-12-20(33)25-24-19(32)13-22-28(3,4)23(35)8-9-29(22,5)26(24)21(34)14-30(18,25)6/h15-16,18-20,22-23,25,32-33,35H,8-14H2,1-7H3. The highest BCUT2D eigenvalue weighted by Gasteiger charge is 2.65. The number of Topliss-reactive ketones (excluding diaryl/α,β-unsaturated/α-hetero) is 2. The van der Waals surface area contributed by atoms with E-state index in [-0.39, 0.29) is 54.5 Å². The summed E-state index contributed by atoms with van der Waals surface area (Å²) in [5.41, 5.74) is -0.0112. The molecule has 4 rings (SSSR count). The molecule has 0 heterocycles. The van der Waals surface area contributed by atoms with Gasteiger partial charge < -0.3 is 20.1 Å². The maximum absolute atomic E-state index is 14.0. The largest absolute Gasteiger partial charge is 0.469 e. The van der Waals surface area contributed by atoms with Crippen molar-refractivity contribution < 1.29 is 34.4 Å². The summed E-state index contributed by atoms with van der Waals surface area (Å²) in [6.07, 6.45) is 0.894. The Morgan fingerprint density at radius 1 is 1.05 bits per heavy atom. The van der Waals surface area contributed by atoms with E-state index < -0.39 is 46.4 Å². The molecule has 0 bridgehead atoms. The van der Waals surface area contributed by atoms with Gasteiger partial charge in [0.2, 0.25) is 0 Å². The molecule has 208 valence electrons. The molecular formula is C30H46O7. The van der Waals surface area contributed by atoms with Gasteiger partial charge in [0.15, 0.2) is 5.78 Å². The lowest BCUT2D eigenvalue weighted by molar-refractivity contribution is -0.146. The number of allylic oxidation sites excluding steroid dienone is 1. The highest BCUT2D eigenvalue weighted by Crippen LogP contribution is 2.67. The maximum atomic E-state index is 14.0. The zero-order valence-electron chi connectivity index (χ0n) is 23.5. The van der Waals surface area contributed by atoms with Crippen molar-refractivity contribution in [1.82, 2.24) is 0 Å². The van der Waals surface area contributed by atoms with E-state index >= 15 is 0 Å². The van der Waals surface area contributed by atoms with Gasteiger partial charge in [0.25, 0.3) is 0 Å². The van der Waals surface area contributed by atoms with Gasteiger partial charge in [-0.25, -0.2) is 0 Å². The third-order valence-corrected chi connectivity index (χ3v) is 11.1. The fourth-order valence-corrected chi connectivity index (χ4v) is 9.25. The Bertz CT molecular complexity index is 998. The predicted octanol–water partition coefficient (Wildman–Crippen LogP) is 3.62. The highest BCUT2D eigenvalue weighted by molar-refractivity contribution is 6.00. The fraction of sp³-hybridized carbons (Fsp3) is 0.833. The molecular weight excluding hydrogens is 472 g/mol. The number of aliphatic hydroxyl groups is 3. The van der Waals surface area contributed by atoms with E-state index in [1.165, 1.54) is 7.11 Å². The Hall–Kier alpha value is -1.57. The van der Waals surface area contributed by atoms with Gasteiger partial charge in [-0.1, -0.05) is 41.5 Å². The molecule has 4 aliphatic carbocycles. The van der Waals surface area contributed by atoms with Gasteiger partial charge in [0.05, 0.1) is 31.3 Å². The minimum absolute atomic E-state index is 0.0231. The number of esters is 1. The van der Waals surface area contributed by atoms with Gasteiger partial charge in [0.1, 0.15) is 5.78 Å². The van der Waals surface area contributed by atoms with E-state index in [0.29, 0.717) is 31.3 Å². The summed E-state index contributed by atoms with van der Waals surface area (Å²) in [6, 6.07) is 0. The number of rotatable bonds is 6. The van der Waals surface area contributed by atoms with Gasteiger partial charge in [-0.2, -0.15) is 0 Å². The minimum Gasteiger partial charge on any atom is -0.469 e. The van der Waals surface area contributed by atoms with E-state index in [2.05, 4.69) is 6.92 Å². The third-order valence-electron chi connectivity index (χ3n) is 11.1. The molecule has 0 aromatic heterocycles. The molecule has 10 unspecified atom stereocenters. The lowest BCUT2D eigenvalue weighted by Gasteiger charge is -2.60. The van der Waals surface area contributed by atoms with Crippen LogP contribution in [0.25, 0.3) is 0 Å². The Balaban J connectivity index is 1.65. The molecule has 3 N–H and O–H groups in total. The van der Waals surface area contributed by atoms with Crippen molar-refractivity contribution in [1.29, 1.82) is 0 Å². The molecule has 7 heteroatoms. The van der Waals surface area contributed by atoms with Crippen LogP contribution in [0, 0.1) is 45.8 Å². The van der Waals surface area contributed by atoms with Crippen molar-refractivity contribution >= 4 is 17.5 Å². The summed E-state index contributed by atoms with van der Waals surface area (Å²) >= 11 is 0. The number of carbonyl (C=O) groups excluding carboxylic acids is 3. The Morgan fingerprint density at radius 3 is 2.32 bits per heavy atom. The molecule has 0 saturated heterocycles. The molecule has 2 saturated carbocycles. The van der Waals surface area contributed by atoms with Crippen LogP contribution in [0.4, 0.5) is 0 Å². The molecule has 2 fully saturated rings. The van der Waals surface area contributed by atoms with Crippen LogP contribution in [0.5, 0.6) is 0 Å². The SMILES string of the molecule is COC(=O)C(C)CC(=O)CC(C)C1CC(O)C2C3=C(C(=O)CC12C)C1(C)CCC(O)C(C)(C)C1CC3O. The summed E-state index contributed by atoms with van der Waals surface area (Å²) in [5, 5.41) is 33.7. The van der Waals surface area contributed by atoms with Crippen molar-refractivity contribution in [2.75, 3.05) is 7.11 Å². The summed E-state index contributed by atoms with van der Waals surface area (Å²) in [7, 11) is 1.31. The number of methoxy groups -OCH3 is 1. The van der Waals surface area contributed by atoms with Gasteiger partial charge >= 0.3 is 5.97 Å². The van der Waals surface area contributed by atoms with Gasteiger partial charge in [-0.05, 0) is 65.3 Å². The molecule has 0 spiro atoms. The first kappa shape index (κ1) is 28.4. The van der Waals surface area contributed by atoms with E-state index in [1.807, 2.05) is 27.7 Å². The zero-order valence-corrected chi connectivity index (χ0v) is 23.5. The first-order chi connectivity index (χ1) is 17.1. The Kier molecular flexibility index (Phi) is 7.35. The fourth-order valence-electron chi connectivity index (χ4n) is 9.25. The molecule has 0 aromatic rings. The van der Waals surface area contributed by atoms with Crippen LogP contribution < -0.4 is 0 Å². The lowest BCUT2D eigenvalue weighted by Crippen LogP contribution is -2.58. The van der Waals surface area contributed by atoms with Crippen molar-refractivity contribution in [3.63, 3.8) is 0 Å². The summed E-state index contributed by atoms with van der Waals surface area (Å²) < 4.78 is 4.75. The number of ketones is 2. The molecule has 0 radical (unpaired) electrons. The van der Waals surface area contributed by atoms with E-state index in [1.54, 1.807) is 6.92 Å². The van der Waals surface area contributed by atoms with Gasteiger partial charge in [-0.3, -0.25) is 14.4 Å². The van der Waals surface area contributed by atoms with E-state index in [9.17, 15) is 29.7 Å². The van der Waals surface area contributed by atoms with E-state index in [4.69, 9.17) is 4.74 Å². The van der Waals surface area contributed by atoms with E-state index in [0.717, 1.165) is 5.57 Å². The predicted molar refractivity (Wildman–Crippen MR) is 138 cm³/mol. The van der Waals surface area contributed by atoms with Gasteiger partial charge in [-0.15, -0.1) is 0 Å². The quantitative estimate of drug-likeness (QED) is 0.459. The average molecular weight is 519 g/mol. The van der Waals surface area contributed by atoms with Crippen molar-refractivity contribution in [3.8, 4) is 0 Å². The van der Waals surface area contributed by atoms with Crippen molar-refractivity contribution in [2.24, 2.45) is 45.8 Å². The Morgan fingerprint density at radius 2 is 1.70 bits per heavy atom. The number of carbonyl (C=O) groups is 3. The second-order valence-corrected chi connectivity index (χ2v) is 13.8. The molecule has 10 atom stereocenters. The molecule has 0 aliphatic heterocycles. The van der Waals surface area contributed by atoms with Gasteiger partial charge in [0, 0.05) is 30.8 Å². The molecule has 7 nitrogen and oxygen atoms in total. The van der Waals surface area contributed by atoms with Crippen molar-refractivity contribution in [3.05, 3.63) is 11.1 Å². The van der Waals surface area contributed by atoms with Crippen LogP contribution in [0.2, 0.25) is 0 Å². The lowest BCUT2D eigenvalue weighted by atomic mass is 9.45. The molecule has 0 amide bonds. The second kappa shape index (κ2) is 9.56. The van der Waals surface area contributed by atoms with Crippen molar-refractivity contribution in [2.45, 2.75) is 105 Å². The summed E-state index contributed by atoms with van der Waals surface area (Å²) in [5.74, 6) is -1.40.